The summed E-state index contributed by atoms with van der Waals surface area (Å²) in [5.41, 5.74) is 6.05. The summed E-state index contributed by atoms with van der Waals surface area (Å²) in [5, 5.41) is 2.34. The predicted molar refractivity (Wildman–Crippen MR) is 226 cm³/mol. The fourth-order valence-electron chi connectivity index (χ4n) is 6.93. The summed E-state index contributed by atoms with van der Waals surface area (Å²) in [6, 6.07) is 34.7. The van der Waals surface area contributed by atoms with Gasteiger partial charge in [0.25, 0.3) is 0 Å². The number of esters is 2. The molecule has 1 aliphatic heterocycles. The summed E-state index contributed by atoms with van der Waals surface area (Å²) in [6.45, 7) is 9.07. The largest absolute Gasteiger partial charge is 0.427 e. The van der Waals surface area contributed by atoms with E-state index >= 15 is 4.79 Å². The Balaban J connectivity index is 1.82. The molecule has 9 nitrogen and oxygen atoms in total. The van der Waals surface area contributed by atoms with Crippen molar-refractivity contribution in [3.63, 3.8) is 0 Å². The molecular weight excluding hydrogens is 748 g/mol. The van der Waals surface area contributed by atoms with Crippen LogP contribution in [0.15, 0.2) is 115 Å². The molecule has 1 amide bonds. The number of benzene rings is 4. The number of hydrogen-bond donors (Lipinski definition) is 1. The second kappa shape index (κ2) is 17.0. The molecule has 0 saturated carbocycles. The average molecular weight is 797 g/mol. The highest BCUT2D eigenvalue weighted by Gasteiger charge is 2.56. The molecule has 4 aromatic rings. The van der Waals surface area contributed by atoms with E-state index in [1.165, 1.54) is 4.90 Å². The zero-order valence-corrected chi connectivity index (χ0v) is 35.1. The lowest BCUT2D eigenvalue weighted by molar-refractivity contribution is -0.171. The highest BCUT2D eigenvalue weighted by Crippen LogP contribution is 2.50. The van der Waals surface area contributed by atoms with E-state index in [4.69, 9.17) is 31.9 Å². The molecule has 4 aromatic carbocycles. The van der Waals surface area contributed by atoms with Gasteiger partial charge in [0.1, 0.15) is 10.4 Å². The minimum absolute atomic E-state index is 0.0686. The number of ether oxygens (including phenoxy) is 2. The molecule has 1 fully saturated rings. The monoisotopic (exact) mass is 796 g/mol. The van der Waals surface area contributed by atoms with Crippen molar-refractivity contribution in [2.24, 2.45) is 17.1 Å². The number of hydrogen-bond acceptors (Lipinski definition) is 8. The van der Waals surface area contributed by atoms with E-state index in [2.05, 4.69) is 0 Å². The first-order valence-corrected chi connectivity index (χ1v) is 23.8. The first-order valence-electron chi connectivity index (χ1n) is 18.2. The number of nitrogens with zero attached hydrogens (tertiary/aromatic N) is 1. The number of amides is 1. The maximum Gasteiger partial charge on any atom is 0.358 e. The van der Waals surface area contributed by atoms with E-state index < -0.39 is 57.4 Å². The van der Waals surface area contributed by atoms with E-state index in [0.29, 0.717) is 11.1 Å². The molecule has 0 radical (unpaired) electrons. The molecule has 1 aliphatic rings. The Morgan fingerprint density at radius 3 is 1.75 bits per heavy atom. The standard InChI is InChI=1S/C43H49N2O7PSSi/c1-29(52-55(5,6)7)37-35(27-36(46)30-18-17-19-31(26-30)38(44)54)45(39(37)47)40(41(48)50-28-51-42(49)43(2,3)4)53(32-20-11-8-12-21-32,33-22-13-9-14-23-33)34-24-15-10-16-25-34/h8-26,29,35,37H,27-28H2,1-7H3,(H2,44,54)/t29-,35-,37-/m1/s1. The third-order valence-corrected chi connectivity index (χ3v) is 14.9. The molecule has 0 spiro atoms. The number of carbonyl (C=O) groups is 4. The van der Waals surface area contributed by atoms with Crippen LogP contribution in [0.3, 0.4) is 0 Å². The van der Waals surface area contributed by atoms with Crippen molar-refractivity contribution in [2.45, 2.75) is 65.9 Å². The quantitative estimate of drug-likeness (QED) is 0.0303. The van der Waals surface area contributed by atoms with Gasteiger partial charge in [0.15, 0.2) is 14.1 Å². The maximum absolute atomic E-state index is 15.1. The Morgan fingerprint density at radius 2 is 1.29 bits per heavy atom. The molecule has 0 unspecified atom stereocenters. The Hall–Kier alpha value is -4.67. The lowest BCUT2D eigenvalue weighted by Gasteiger charge is -2.52. The van der Waals surface area contributed by atoms with Crippen molar-refractivity contribution < 1.29 is 33.1 Å². The second-order valence-corrected chi connectivity index (χ2v) is 23.8. The lowest BCUT2D eigenvalue weighted by atomic mass is 9.79. The van der Waals surface area contributed by atoms with Gasteiger partial charge in [-0.3, -0.25) is 14.4 Å². The molecule has 0 bridgehead atoms. The zero-order valence-electron chi connectivity index (χ0n) is 32.4. The first-order chi connectivity index (χ1) is 26.0. The predicted octanol–water partition coefficient (Wildman–Crippen LogP) is 6.17. The van der Waals surface area contributed by atoms with Crippen LogP contribution in [0.1, 0.15) is 50.0 Å². The molecule has 3 atom stereocenters. The molecule has 288 valence electrons. The normalized spacial score (nSPS) is 16.4. The Labute approximate surface area is 330 Å². The van der Waals surface area contributed by atoms with E-state index in [0.717, 1.165) is 15.9 Å². The van der Waals surface area contributed by atoms with Gasteiger partial charge < -0.3 is 24.5 Å². The Bertz CT molecular complexity index is 2010. The smallest absolute Gasteiger partial charge is 0.358 e. The third kappa shape index (κ3) is 9.08. The summed E-state index contributed by atoms with van der Waals surface area (Å²) < 4.78 is 17.8. The number of ketones is 1. The van der Waals surface area contributed by atoms with Gasteiger partial charge in [0.05, 0.1) is 23.5 Å². The first kappa shape index (κ1) is 41.5. The van der Waals surface area contributed by atoms with Gasteiger partial charge in [-0.15, -0.1) is 0 Å². The molecule has 0 aromatic heterocycles. The van der Waals surface area contributed by atoms with Gasteiger partial charge in [-0.25, -0.2) is 4.79 Å². The number of thiocarbonyl (C=S) groups is 1. The summed E-state index contributed by atoms with van der Waals surface area (Å²) >= 11 is 5.20. The minimum Gasteiger partial charge on any atom is -0.427 e. The fraction of sp³-hybridized carbons (Fsp3) is 0.302. The van der Waals surface area contributed by atoms with E-state index in [9.17, 15) is 14.4 Å². The molecule has 1 saturated heterocycles. The fourth-order valence-corrected chi connectivity index (χ4v) is 12.7. The van der Waals surface area contributed by atoms with Crippen LogP contribution < -0.4 is 21.6 Å². The van der Waals surface area contributed by atoms with Crippen LogP contribution in [0.4, 0.5) is 0 Å². The van der Waals surface area contributed by atoms with E-state index in [1.807, 2.05) is 118 Å². The van der Waals surface area contributed by atoms with Gasteiger partial charge in [-0.1, -0.05) is 121 Å². The SMILES string of the molecule is C[C@@H](O[Si](C)(C)C)[C@H]1C(=O)N(C(C(=O)OCOC(=O)C(C)(C)C)=P(c2ccccc2)(c2ccccc2)c2ccccc2)[C@@H]1CC(=O)c1cccc(C(N)=S)c1. The van der Waals surface area contributed by atoms with Gasteiger partial charge in [-0.05, 0) is 69.3 Å². The highest BCUT2D eigenvalue weighted by atomic mass is 32.1. The topological polar surface area (TPSA) is 125 Å². The number of nitrogens with two attached hydrogens (primary N) is 1. The van der Waals surface area contributed by atoms with Crippen LogP contribution >= 0.6 is 19.1 Å². The number of rotatable bonds is 14. The summed E-state index contributed by atoms with van der Waals surface area (Å²) in [6.07, 6.45) is -0.704. The number of β-lactam (4-membered cyclic amide) rings is 1. The van der Waals surface area contributed by atoms with Crippen molar-refractivity contribution in [1.29, 1.82) is 0 Å². The lowest BCUT2D eigenvalue weighted by Crippen LogP contribution is -2.69. The number of Topliss-reactive ketones (excluding diaryl/α,β-unsaturated/α-hetero) is 1. The number of carbonyl (C=O) groups excluding carboxylic acids is 4. The molecule has 5 rings (SSSR count). The molecule has 1 heterocycles. The van der Waals surface area contributed by atoms with Crippen LogP contribution in [-0.4, -0.2) is 66.2 Å². The van der Waals surface area contributed by atoms with E-state index in [1.54, 1.807) is 45.0 Å². The minimum atomic E-state index is -3.32. The molecule has 55 heavy (non-hydrogen) atoms. The van der Waals surface area contributed by atoms with Crippen molar-refractivity contribution >= 4 is 77.4 Å². The van der Waals surface area contributed by atoms with Gasteiger partial charge in [0.2, 0.25) is 12.7 Å². The highest BCUT2D eigenvalue weighted by molar-refractivity contribution is 7.96. The third-order valence-electron chi connectivity index (χ3n) is 9.33. The molecule has 2 N–H and O–H groups in total. The number of likely N-dealkylation sites (tertiary alicyclic amines) is 1. The van der Waals surface area contributed by atoms with Gasteiger partial charge >= 0.3 is 11.9 Å². The van der Waals surface area contributed by atoms with Crippen LogP contribution in [-0.2, 0) is 28.3 Å². The van der Waals surface area contributed by atoms with Gasteiger partial charge in [0, 0.05) is 24.4 Å². The Morgan fingerprint density at radius 1 is 0.800 bits per heavy atom. The Kier molecular flexibility index (Phi) is 12.8. The van der Waals surface area contributed by atoms with Crippen LogP contribution in [0.2, 0.25) is 19.6 Å². The summed E-state index contributed by atoms with van der Waals surface area (Å²) in [7, 11) is -2.18. The summed E-state index contributed by atoms with van der Waals surface area (Å²) in [4.78, 5) is 58.8. The average Bonchev–Trinajstić information content (AvgIpc) is 3.14. The van der Waals surface area contributed by atoms with Gasteiger partial charge in [-0.2, -0.15) is 0 Å². The maximum atomic E-state index is 15.1. The molecule has 12 heteroatoms. The van der Waals surface area contributed by atoms with Crippen LogP contribution in [0, 0.1) is 11.3 Å². The summed E-state index contributed by atoms with van der Waals surface area (Å²) in [5.74, 6) is -2.80. The molecular formula is C43H49N2O7PSSi. The van der Waals surface area contributed by atoms with Crippen molar-refractivity contribution in [1.82, 2.24) is 4.90 Å². The van der Waals surface area contributed by atoms with Crippen LogP contribution in [0.5, 0.6) is 0 Å². The zero-order chi connectivity index (χ0) is 40.1. The van der Waals surface area contributed by atoms with Crippen LogP contribution in [0.25, 0.3) is 0 Å². The molecule has 0 aliphatic carbocycles. The van der Waals surface area contributed by atoms with E-state index in [-0.39, 0.29) is 28.5 Å². The van der Waals surface area contributed by atoms with Crippen molar-refractivity contribution in [3.05, 3.63) is 126 Å². The van der Waals surface area contributed by atoms with Crippen molar-refractivity contribution in [3.8, 4) is 0 Å². The second-order valence-electron chi connectivity index (χ2n) is 15.5. The van der Waals surface area contributed by atoms with Crippen molar-refractivity contribution in [2.75, 3.05) is 6.79 Å².